The zero-order chi connectivity index (χ0) is 12.3. The van der Waals surface area contributed by atoms with Crippen molar-refractivity contribution in [2.24, 2.45) is 5.73 Å². The van der Waals surface area contributed by atoms with Gasteiger partial charge in [0.1, 0.15) is 0 Å². The van der Waals surface area contributed by atoms with E-state index in [1.54, 1.807) is 7.11 Å². The van der Waals surface area contributed by atoms with Gasteiger partial charge in [-0.05, 0) is 37.3 Å². The Balaban J connectivity index is 2.23. The Bertz CT molecular complexity index is 363. The van der Waals surface area contributed by atoms with Crippen molar-refractivity contribution in [1.29, 1.82) is 0 Å². The minimum atomic E-state index is 0.0546. The molecule has 1 aromatic rings. The van der Waals surface area contributed by atoms with Crippen molar-refractivity contribution in [1.82, 2.24) is 4.98 Å². The van der Waals surface area contributed by atoms with E-state index in [1.165, 1.54) is 17.7 Å². The van der Waals surface area contributed by atoms with Crippen LogP contribution in [-0.2, 0) is 11.2 Å². The first-order chi connectivity index (χ1) is 8.27. The molecule has 0 amide bonds. The third kappa shape index (κ3) is 2.50. The van der Waals surface area contributed by atoms with Gasteiger partial charge in [0.2, 0.25) is 0 Å². The van der Waals surface area contributed by atoms with Crippen LogP contribution in [0.3, 0.4) is 0 Å². The number of aryl methyl sites for hydroxylation is 1. The lowest BCUT2D eigenvalue weighted by molar-refractivity contribution is 0.0664. The van der Waals surface area contributed by atoms with Crippen LogP contribution in [0.1, 0.15) is 43.4 Å². The van der Waals surface area contributed by atoms with E-state index in [4.69, 9.17) is 10.5 Å². The van der Waals surface area contributed by atoms with Gasteiger partial charge in [0.15, 0.2) is 0 Å². The van der Waals surface area contributed by atoms with Crippen LogP contribution >= 0.6 is 0 Å². The molecule has 3 heteroatoms. The van der Waals surface area contributed by atoms with Gasteiger partial charge in [-0.2, -0.15) is 0 Å². The van der Waals surface area contributed by atoms with Crippen LogP contribution in [0.25, 0.3) is 0 Å². The number of hydrogen-bond donors (Lipinski definition) is 1. The van der Waals surface area contributed by atoms with Gasteiger partial charge in [-0.25, -0.2) is 0 Å². The maximum Gasteiger partial charge on any atom is 0.0726 e. The highest BCUT2D eigenvalue weighted by Crippen LogP contribution is 2.33. The molecule has 3 atom stereocenters. The number of nitrogens with two attached hydrogens (primary N) is 1. The summed E-state index contributed by atoms with van der Waals surface area (Å²) in [5, 5.41) is 0. The minimum absolute atomic E-state index is 0.0546. The van der Waals surface area contributed by atoms with Crippen molar-refractivity contribution in [3.8, 4) is 0 Å². The van der Waals surface area contributed by atoms with Gasteiger partial charge in [0, 0.05) is 31.0 Å². The first-order valence-corrected chi connectivity index (χ1v) is 6.50. The third-order valence-corrected chi connectivity index (χ3v) is 3.84. The second kappa shape index (κ2) is 5.61. The Morgan fingerprint density at radius 2 is 2.41 bits per heavy atom. The van der Waals surface area contributed by atoms with Gasteiger partial charge in [0.05, 0.1) is 6.10 Å². The quantitative estimate of drug-likeness (QED) is 0.869. The number of hydrogen-bond acceptors (Lipinski definition) is 3. The van der Waals surface area contributed by atoms with E-state index >= 15 is 0 Å². The summed E-state index contributed by atoms with van der Waals surface area (Å²) in [5.41, 5.74) is 8.93. The summed E-state index contributed by atoms with van der Waals surface area (Å²) >= 11 is 0. The second-order valence-electron chi connectivity index (χ2n) is 4.81. The van der Waals surface area contributed by atoms with Crippen molar-refractivity contribution >= 4 is 0 Å². The number of methoxy groups -OCH3 is 1. The molecule has 0 fully saturated rings. The summed E-state index contributed by atoms with van der Waals surface area (Å²) < 4.78 is 5.48. The van der Waals surface area contributed by atoms with Crippen LogP contribution in [0.5, 0.6) is 0 Å². The van der Waals surface area contributed by atoms with Crippen LogP contribution in [-0.4, -0.2) is 24.2 Å². The van der Waals surface area contributed by atoms with Gasteiger partial charge in [0.25, 0.3) is 0 Å². The van der Waals surface area contributed by atoms with Gasteiger partial charge < -0.3 is 10.5 Å². The number of fused-ring (bicyclic) bond motifs is 1. The molecule has 94 valence electrons. The fourth-order valence-electron chi connectivity index (χ4n) is 2.88. The monoisotopic (exact) mass is 234 g/mol. The summed E-state index contributed by atoms with van der Waals surface area (Å²) in [6, 6.07) is 4.24. The molecule has 1 aliphatic rings. The van der Waals surface area contributed by atoms with E-state index in [9.17, 15) is 0 Å². The topological polar surface area (TPSA) is 48.1 Å². The van der Waals surface area contributed by atoms with Crippen LogP contribution in [0, 0.1) is 0 Å². The molecule has 2 rings (SSSR count). The molecule has 3 nitrogen and oxygen atoms in total. The molecule has 0 saturated carbocycles. The van der Waals surface area contributed by atoms with Gasteiger partial charge in [-0.15, -0.1) is 0 Å². The van der Waals surface area contributed by atoms with E-state index in [2.05, 4.69) is 18.0 Å². The predicted octanol–water partition coefficient (Wildman–Crippen LogP) is 2.25. The fourth-order valence-corrected chi connectivity index (χ4v) is 2.88. The lowest BCUT2D eigenvalue weighted by Crippen LogP contribution is -2.42. The van der Waals surface area contributed by atoms with E-state index in [0.29, 0.717) is 5.92 Å². The van der Waals surface area contributed by atoms with Crippen LogP contribution in [0.15, 0.2) is 18.3 Å². The lowest BCUT2D eigenvalue weighted by atomic mass is 9.80. The lowest BCUT2D eigenvalue weighted by Gasteiger charge is -2.32. The number of aromatic nitrogens is 1. The number of rotatable bonds is 4. The van der Waals surface area contributed by atoms with Crippen molar-refractivity contribution in [2.75, 3.05) is 7.11 Å². The van der Waals surface area contributed by atoms with Crippen molar-refractivity contribution in [3.05, 3.63) is 29.6 Å². The average molecular weight is 234 g/mol. The first-order valence-electron chi connectivity index (χ1n) is 6.50. The number of pyridine rings is 1. The second-order valence-corrected chi connectivity index (χ2v) is 4.81. The minimum Gasteiger partial charge on any atom is -0.380 e. The molecule has 17 heavy (non-hydrogen) atoms. The molecule has 0 saturated heterocycles. The molecule has 1 heterocycles. The van der Waals surface area contributed by atoms with Crippen molar-refractivity contribution in [3.63, 3.8) is 0 Å². The van der Waals surface area contributed by atoms with E-state index in [-0.39, 0.29) is 12.1 Å². The molecular formula is C14H22N2O. The van der Waals surface area contributed by atoms with Gasteiger partial charge in [-0.3, -0.25) is 4.98 Å². The fraction of sp³-hybridized carbons (Fsp3) is 0.643. The van der Waals surface area contributed by atoms with Crippen LogP contribution in [0.2, 0.25) is 0 Å². The summed E-state index contributed by atoms with van der Waals surface area (Å²) in [6.45, 7) is 2.12. The maximum atomic E-state index is 6.36. The molecule has 0 bridgehead atoms. The Hall–Kier alpha value is -0.930. The molecule has 0 spiro atoms. The third-order valence-electron chi connectivity index (χ3n) is 3.84. The highest BCUT2D eigenvalue weighted by molar-refractivity contribution is 5.27. The molecule has 0 aromatic carbocycles. The van der Waals surface area contributed by atoms with E-state index in [1.807, 2.05) is 12.3 Å². The number of ether oxygens (including phenoxy) is 1. The Kier molecular flexibility index (Phi) is 4.13. The molecule has 0 radical (unpaired) electrons. The molecule has 1 aliphatic carbocycles. The standard InChI is InChI=1S/C14H22N2O/c1-3-12(17-2)13(15)11-8-4-6-10-7-5-9-16-14(10)11/h5,7,9,11-13H,3-4,6,8,15H2,1-2H3. The van der Waals surface area contributed by atoms with Crippen molar-refractivity contribution < 1.29 is 4.74 Å². The predicted molar refractivity (Wildman–Crippen MR) is 69.0 cm³/mol. The van der Waals surface area contributed by atoms with E-state index < -0.39 is 0 Å². The smallest absolute Gasteiger partial charge is 0.0726 e. The van der Waals surface area contributed by atoms with E-state index in [0.717, 1.165) is 19.3 Å². The largest absolute Gasteiger partial charge is 0.380 e. The summed E-state index contributed by atoms with van der Waals surface area (Å²) in [6.07, 6.45) is 6.43. The van der Waals surface area contributed by atoms with Crippen molar-refractivity contribution in [2.45, 2.75) is 50.7 Å². The Morgan fingerprint density at radius 3 is 3.12 bits per heavy atom. The first kappa shape index (κ1) is 12.5. The molecule has 3 unspecified atom stereocenters. The highest BCUT2D eigenvalue weighted by Gasteiger charge is 2.31. The highest BCUT2D eigenvalue weighted by atomic mass is 16.5. The molecular weight excluding hydrogens is 212 g/mol. The zero-order valence-electron chi connectivity index (χ0n) is 10.7. The Labute approximate surface area is 103 Å². The average Bonchev–Trinajstić information content (AvgIpc) is 2.39. The van der Waals surface area contributed by atoms with Gasteiger partial charge >= 0.3 is 0 Å². The summed E-state index contributed by atoms with van der Waals surface area (Å²) in [7, 11) is 1.75. The van der Waals surface area contributed by atoms with Gasteiger partial charge in [-0.1, -0.05) is 13.0 Å². The van der Waals surface area contributed by atoms with Crippen LogP contribution in [0.4, 0.5) is 0 Å². The zero-order valence-corrected chi connectivity index (χ0v) is 10.7. The number of nitrogens with zero attached hydrogens (tertiary/aromatic N) is 1. The SMILES string of the molecule is CCC(OC)C(N)C1CCCc2cccnc21. The molecule has 2 N–H and O–H groups in total. The molecule has 0 aliphatic heterocycles. The normalized spacial score (nSPS) is 22.9. The molecule has 1 aromatic heterocycles. The summed E-state index contributed by atoms with van der Waals surface area (Å²) in [5.74, 6) is 0.352. The van der Waals surface area contributed by atoms with Crippen LogP contribution < -0.4 is 5.73 Å². The Morgan fingerprint density at radius 1 is 1.59 bits per heavy atom. The summed E-state index contributed by atoms with van der Waals surface area (Å²) in [4.78, 5) is 4.54. The maximum absolute atomic E-state index is 6.36.